The van der Waals surface area contributed by atoms with Crippen molar-refractivity contribution in [2.75, 3.05) is 0 Å². The maximum Gasteiger partial charge on any atom is 0.249 e. The Balaban J connectivity index is 0.000000162. The minimum absolute atomic E-state index is 0.0602. The molecule has 0 heterocycles. The maximum absolute atomic E-state index is 14.4. The zero-order chi connectivity index (χ0) is 28.1. The number of allylic oxidation sites excluding steroid dienone is 1. The van der Waals surface area contributed by atoms with E-state index < -0.39 is 5.91 Å². The number of aryl methyl sites for hydroxylation is 2. The number of carbonyl (C=O) groups excluding carboxylic acids is 2. The van der Waals surface area contributed by atoms with E-state index in [2.05, 4.69) is 0 Å². The molecule has 2 aliphatic carbocycles. The molecule has 0 radical (unpaired) electrons. The number of ketones is 1. The van der Waals surface area contributed by atoms with Gasteiger partial charge in [-0.3, -0.25) is 9.59 Å². The highest BCUT2D eigenvalue weighted by atomic mass is 32.2. The number of halogens is 2. The van der Waals surface area contributed by atoms with Crippen LogP contribution in [0.25, 0.3) is 5.57 Å². The van der Waals surface area contributed by atoms with Gasteiger partial charge in [0.1, 0.15) is 11.6 Å². The van der Waals surface area contributed by atoms with Crippen molar-refractivity contribution in [1.82, 2.24) is 0 Å². The van der Waals surface area contributed by atoms with Gasteiger partial charge in [-0.25, -0.2) is 8.78 Å². The molecule has 2 N–H and O–H groups in total. The molecule has 202 valence electrons. The molecule has 0 spiro atoms. The number of primary amides is 1. The molecule has 4 aromatic rings. The fraction of sp³-hybridized carbons (Fsp3) is 0.152. The number of amides is 1. The van der Waals surface area contributed by atoms with Gasteiger partial charge in [0.2, 0.25) is 5.91 Å². The molecule has 6 rings (SSSR count). The number of hydrogen-bond acceptors (Lipinski definition) is 4. The first-order chi connectivity index (χ1) is 19.4. The number of fused-ring (bicyclic) bond motifs is 2. The molecular weight excluding hydrogens is 544 g/mol. The molecule has 0 saturated carbocycles. The van der Waals surface area contributed by atoms with Crippen LogP contribution in [-0.4, -0.2) is 11.7 Å². The van der Waals surface area contributed by atoms with E-state index in [4.69, 9.17) is 5.73 Å². The highest BCUT2D eigenvalue weighted by Gasteiger charge is 2.23. The van der Waals surface area contributed by atoms with E-state index >= 15 is 0 Å². The van der Waals surface area contributed by atoms with Crippen LogP contribution in [0.3, 0.4) is 0 Å². The molecule has 0 saturated heterocycles. The quantitative estimate of drug-likeness (QED) is 0.262. The van der Waals surface area contributed by atoms with Crippen molar-refractivity contribution >= 4 is 40.8 Å². The Bertz CT molecular complexity index is 1590. The van der Waals surface area contributed by atoms with E-state index in [0.717, 1.165) is 50.0 Å². The van der Waals surface area contributed by atoms with Crippen molar-refractivity contribution < 1.29 is 18.4 Å². The van der Waals surface area contributed by atoms with Crippen molar-refractivity contribution in [3.05, 3.63) is 125 Å². The van der Waals surface area contributed by atoms with E-state index in [-0.39, 0.29) is 17.4 Å². The molecule has 0 aromatic heterocycles. The van der Waals surface area contributed by atoms with Crippen LogP contribution < -0.4 is 5.73 Å². The SMILES string of the molecule is NC(=O)C1=CCCc2cc(Sc3ccccc3)cc(F)c21.O=C1CCCc2cc(Sc3ccccc3)cc(F)c21. The zero-order valence-electron chi connectivity index (χ0n) is 21.7. The normalized spacial score (nSPS) is 13.8. The van der Waals surface area contributed by atoms with Crippen molar-refractivity contribution in [2.45, 2.75) is 51.7 Å². The lowest BCUT2D eigenvalue weighted by Crippen LogP contribution is -2.17. The van der Waals surface area contributed by atoms with Crippen LogP contribution >= 0.6 is 23.5 Å². The lowest BCUT2D eigenvalue weighted by atomic mass is 9.90. The lowest BCUT2D eigenvalue weighted by molar-refractivity contribution is -0.112. The van der Waals surface area contributed by atoms with Crippen molar-refractivity contribution in [2.24, 2.45) is 5.73 Å². The van der Waals surface area contributed by atoms with E-state index in [0.29, 0.717) is 29.5 Å². The smallest absolute Gasteiger partial charge is 0.249 e. The first-order valence-electron chi connectivity index (χ1n) is 13.0. The van der Waals surface area contributed by atoms with Crippen LogP contribution in [-0.2, 0) is 17.6 Å². The minimum atomic E-state index is -0.571. The number of hydrogen-bond donors (Lipinski definition) is 1. The second-order valence-electron chi connectivity index (χ2n) is 9.51. The summed E-state index contributed by atoms with van der Waals surface area (Å²) in [4.78, 5) is 27.0. The Hall–Kier alpha value is -3.68. The molecule has 0 unspecified atom stereocenters. The summed E-state index contributed by atoms with van der Waals surface area (Å²) in [5, 5.41) is 0. The van der Waals surface area contributed by atoms with Gasteiger partial charge in [-0.2, -0.15) is 0 Å². The predicted molar refractivity (Wildman–Crippen MR) is 157 cm³/mol. The average Bonchev–Trinajstić information content (AvgIpc) is 2.94. The van der Waals surface area contributed by atoms with Gasteiger partial charge in [-0.1, -0.05) is 66.0 Å². The maximum atomic E-state index is 14.4. The molecule has 2 aliphatic rings. The molecule has 0 atom stereocenters. The topological polar surface area (TPSA) is 60.2 Å². The predicted octanol–water partition coefficient (Wildman–Crippen LogP) is 8.29. The van der Waals surface area contributed by atoms with Gasteiger partial charge in [0.15, 0.2) is 5.78 Å². The van der Waals surface area contributed by atoms with Crippen molar-refractivity contribution in [3.63, 3.8) is 0 Å². The van der Waals surface area contributed by atoms with Crippen LogP contribution in [0, 0.1) is 11.6 Å². The summed E-state index contributed by atoms with van der Waals surface area (Å²) in [5.74, 6) is -1.38. The third kappa shape index (κ3) is 6.54. The van der Waals surface area contributed by atoms with Crippen LogP contribution in [0.4, 0.5) is 8.78 Å². The Labute approximate surface area is 240 Å². The molecular formula is C33H27F2NO2S2. The van der Waals surface area contributed by atoms with Crippen LogP contribution in [0.5, 0.6) is 0 Å². The molecule has 0 bridgehead atoms. The number of Topliss-reactive ketones (excluding diaryl/α,β-unsaturated/α-hetero) is 1. The Morgan fingerprint density at radius 2 is 1.20 bits per heavy atom. The highest BCUT2D eigenvalue weighted by Crippen LogP contribution is 2.36. The van der Waals surface area contributed by atoms with Gasteiger partial charge >= 0.3 is 0 Å². The summed E-state index contributed by atoms with van der Waals surface area (Å²) in [5.41, 5.74) is 8.01. The molecule has 0 aliphatic heterocycles. The van der Waals surface area contributed by atoms with Crippen LogP contribution in [0.2, 0.25) is 0 Å². The summed E-state index contributed by atoms with van der Waals surface area (Å²) < 4.78 is 28.4. The molecule has 1 amide bonds. The van der Waals surface area contributed by atoms with Crippen molar-refractivity contribution in [3.8, 4) is 0 Å². The van der Waals surface area contributed by atoms with E-state index in [1.54, 1.807) is 6.08 Å². The van der Waals surface area contributed by atoms with Gasteiger partial charge in [0, 0.05) is 37.1 Å². The Morgan fingerprint density at radius 1 is 0.675 bits per heavy atom. The van der Waals surface area contributed by atoms with Gasteiger partial charge in [0.25, 0.3) is 0 Å². The van der Waals surface area contributed by atoms with Crippen LogP contribution in [0.15, 0.2) is 111 Å². The first kappa shape index (κ1) is 27.9. The average molecular weight is 572 g/mol. The summed E-state index contributed by atoms with van der Waals surface area (Å²) in [6.07, 6.45) is 5.25. The third-order valence-electron chi connectivity index (χ3n) is 6.67. The van der Waals surface area contributed by atoms with Crippen LogP contribution in [0.1, 0.15) is 46.3 Å². The lowest BCUT2D eigenvalue weighted by Gasteiger charge is -2.17. The third-order valence-corrected chi connectivity index (χ3v) is 8.63. The largest absolute Gasteiger partial charge is 0.366 e. The summed E-state index contributed by atoms with van der Waals surface area (Å²) >= 11 is 3.03. The standard InChI is InChI=1S/C17H14FNOS.C16H13FOS/c18-15-10-13(21-12-6-2-1-3-7-12)9-11-5-4-8-14(16(11)15)17(19)20;17-14-10-13(19-12-6-2-1-3-7-12)9-11-5-4-8-15(18)16(11)14/h1-3,6-10H,4-5H2,(H2,19,20);1-3,6-7,9-10H,4-5,8H2. The molecule has 0 fully saturated rings. The van der Waals surface area contributed by atoms with Gasteiger partial charge in [-0.05, 0) is 85.3 Å². The summed E-state index contributed by atoms with van der Waals surface area (Å²) in [6, 6.07) is 26.5. The van der Waals surface area contributed by atoms with Gasteiger partial charge in [-0.15, -0.1) is 0 Å². The molecule has 7 heteroatoms. The minimum Gasteiger partial charge on any atom is -0.366 e. The Kier molecular flexibility index (Phi) is 8.82. The summed E-state index contributed by atoms with van der Waals surface area (Å²) in [6.45, 7) is 0. The molecule has 3 nitrogen and oxygen atoms in total. The van der Waals surface area contributed by atoms with Crippen molar-refractivity contribution in [1.29, 1.82) is 0 Å². The second-order valence-corrected chi connectivity index (χ2v) is 11.8. The number of benzene rings is 4. The van der Waals surface area contributed by atoms with E-state index in [1.165, 1.54) is 35.7 Å². The number of rotatable bonds is 5. The fourth-order valence-electron chi connectivity index (χ4n) is 4.91. The number of carbonyl (C=O) groups is 2. The Morgan fingerprint density at radius 3 is 1.75 bits per heavy atom. The number of nitrogens with two attached hydrogens (primary N) is 1. The highest BCUT2D eigenvalue weighted by molar-refractivity contribution is 7.99. The van der Waals surface area contributed by atoms with E-state index in [1.807, 2.05) is 72.8 Å². The van der Waals surface area contributed by atoms with Gasteiger partial charge < -0.3 is 5.73 Å². The fourth-order valence-corrected chi connectivity index (χ4v) is 6.77. The monoisotopic (exact) mass is 571 g/mol. The second kappa shape index (κ2) is 12.7. The van der Waals surface area contributed by atoms with E-state index in [9.17, 15) is 18.4 Å². The van der Waals surface area contributed by atoms with Gasteiger partial charge in [0.05, 0.1) is 5.56 Å². The summed E-state index contributed by atoms with van der Waals surface area (Å²) in [7, 11) is 0. The molecule has 40 heavy (non-hydrogen) atoms. The zero-order valence-corrected chi connectivity index (χ0v) is 23.3. The first-order valence-corrected chi connectivity index (χ1v) is 14.7. The molecule has 4 aromatic carbocycles.